The van der Waals surface area contributed by atoms with E-state index < -0.39 is 29.5 Å². The molecule has 1 aromatic heterocycles. The second-order valence-electron chi connectivity index (χ2n) is 4.65. The Bertz CT molecular complexity index is 598. The minimum Gasteiger partial charge on any atom is -0.354 e. The number of hydrogen-bond donors (Lipinski definition) is 2. The summed E-state index contributed by atoms with van der Waals surface area (Å²) in [4.78, 5) is 48.4. The number of Topliss-reactive ketones (excluding diaryl/α,β-unsaturated/α-hetero) is 1. The summed E-state index contributed by atoms with van der Waals surface area (Å²) >= 11 is 0. The van der Waals surface area contributed by atoms with Crippen molar-refractivity contribution in [3.63, 3.8) is 0 Å². The van der Waals surface area contributed by atoms with Crippen molar-refractivity contribution in [3.8, 4) is 0 Å². The molecule has 1 amide bonds. The quantitative estimate of drug-likeness (QED) is 0.703. The van der Waals surface area contributed by atoms with Crippen LogP contribution >= 0.6 is 0 Å². The fourth-order valence-corrected chi connectivity index (χ4v) is 1.42. The predicted octanol–water partition coefficient (Wildman–Crippen LogP) is -0.489. The van der Waals surface area contributed by atoms with E-state index in [1.807, 2.05) is 13.8 Å². The standard InChI is InChI=1S/C12H17N3O4/c1-7(2)4-13-10(17)6-15-11(18)9(8(3)16)5-14-12(15)19/h5,7H,4,6H2,1-3H3,(H,13,17)(H,14,19). The number of carbonyl (C=O) groups is 2. The molecule has 7 heteroatoms. The third-order valence-electron chi connectivity index (χ3n) is 2.45. The fourth-order valence-electron chi connectivity index (χ4n) is 1.42. The van der Waals surface area contributed by atoms with Gasteiger partial charge in [-0.3, -0.25) is 19.0 Å². The van der Waals surface area contributed by atoms with Crippen molar-refractivity contribution in [3.05, 3.63) is 32.6 Å². The molecule has 0 aliphatic rings. The molecule has 0 radical (unpaired) electrons. The number of H-pyrrole nitrogens is 1. The van der Waals surface area contributed by atoms with Gasteiger partial charge in [0.1, 0.15) is 6.54 Å². The van der Waals surface area contributed by atoms with Gasteiger partial charge >= 0.3 is 5.69 Å². The summed E-state index contributed by atoms with van der Waals surface area (Å²) in [5.74, 6) is -0.637. The van der Waals surface area contributed by atoms with Crippen molar-refractivity contribution in [1.29, 1.82) is 0 Å². The molecule has 2 N–H and O–H groups in total. The maximum absolute atomic E-state index is 11.8. The second kappa shape index (κ2) is 6.12. The first-order valence-corrected chi connectivity index (χ1v) is 5.93. The molecule has 0 bridgehead atoms. The Kier molecular flexibility index (Phi) is 4.80. The molecule has 1 rings (SSSR count). The zero-order chi connectivity index (χ0) is 14.6. The van der Waals surface area contributed by atoms with Crippen LogP contribution in [0.2, 0.25) is 0 Å². The van der Waals surface area contributed by atoms with Crippen LogP contribution in [-0.2, 0) is 11.3 Å². The number of rotatable bonds is 5. The second-order valence-corrected chi connectivity index (χ2v) is 4.65. The van der Waals surface area contributed by atoms with Gasteiger partial charge in [-0.15, -0.1) is 0 Å². The Hall–Kier alpha value is -2.18. The lowest BCUT2D eigenvalue weighted by molar-refractivity contribution is -0.121. The van der Waals surface area contributed by atoms with Gasteiger partial charge in [0.15, 0.2) is 5.78 Å². The fraction of sp³-hybridized carbons (Fsp3) is 0.500. The first kappa shape index (κ1) is 14.9. The first-order valence-electron chi connectivity index (χ1n) is 5.93. The van der Waals surface area contributed by atoms with E-state index in [0.29, 0.717) is 11.1 Å². The van der Waals surface area contributed by atoms with Crippen LogP contribution in [0.4, 0.5) is 0 Å². The molecule has 0 aliphatic heterocycles. The van der Waals surface area contributed by atoms with E-state index in [1.54, 1.807) is 0 Å². The molecule has 1 heterocycles. The van der Waals surface area contributed by atoms with E-state index in [4.69, 9.17) is 0 Å². The molecule has 1 aromatic rings. The lowest BCUT2D eigenvalue weighted by Gasteiger charge is -2.09. The van der Waals surface area contributed by atoms with Gasteiger partial charge in [-0.2, -0.15) is 0 Å². The van der Waals surface area contributed by atoms with E-state index >= 15 is 0 Å². The number of hydrogen-bond acceptors (Lipinski definition) is 4. The molecule has 0 unspecified atom stereocenters. The normalized spacial score (nSPS) is 10.5. The van der Waals surface area contributed by atoms with Crippen molar-refractivity contribution in [2.24, 2.45) is 5.92 Å². The minimum absolute atomic E-state index is 0.142. The maximum atomic E-state index is 11.8. The highest BCUT2D eigenvalue weighted by molar-refractivity contribution is 5.93. The summed E-state index contributed by atoms with van der Waals surface area (Å²) in [6.07, 6.45) is 1.07. The molecule has 7 nitrogen and oxygen atoms in total. The Morgan fingerprint density at radius 3 is 2.53 bits per heavy atom. The Balaban J connectivity index is 2.98. The van der Waals surface area contributed by atoms with E-state index in [1.165, 1.54) is 6.92 Å². The maximum Gasteiger partial charge on any atom is 0.328 e. The van der Waals surface area contributed by atoms with Crippen LogP contribution < -0.4 is 16.6 Å². The van der Waals surface area contributed by atoms with Crippen molar-refractivity contribution in [1.82, 2.24) is 14.9 Å². The highest BCUT2D eigenvalue weighted by Crippen LogP contribution is 1.89. The van der Waals surface area contributed by atoms with Gasteiger partial charge in [-0.05, 0) is 12.8 Å². The third-order valence-corrected chi connectivity index (χ3v) is 2.45. The third kappa shape index (κ3) is 3.90. The van der Waals surface area contributed by atoms with E-state index in [2.05, 4.69) is 10.3 Å². The summed E-state index contributed by atoms with van der Waals surface area (Å²) in [5, 5.41) is 2.60. The Labute approximate surface area is 109 Å². The van der Waals surface area contributed by atoms with E-state index in [9.17, 15) is 19.2 Å². The molecule has 19 heavy (non-hydrogen) atoms. The highest BCUT2D eigenvalue weighted by Gasteiger charge is 2.13. The van der Waals surface area contributed by atoms with Gasteiger partial charge in [0.2, 0.25) is 5.91 Å². The van der Waals surface area contributed by atoms with Crippen LogP contribution in [0.1, 0.15) is 31.1 Å². The summed E-state index contributed by atoms with van der Waals surface area (Å²) in [5.41, 5.74) is -1.61. The molecule has 0 aromatic carbocycles. The SMILES string of the molecule is CC(=O)c1c[nH]c(=O)n(CC(=O)NCC(C)C)c1=O. The zero-order valence-electron chi connectivity index (χ0n) is 11.1. The number of aromatic nitrogens is 2. The van der Waals surface area contributed by atoms with Crippen LogP contribution in [-0.4, -0.2) is 27.8 Å². The summed E-state index contributed by atoms with van der Waals surface area (Å²) < 4.78 is 0.715. The molecule has 0 aliphatic carbocycles. The molecular formula is C12H17N3O4. The van der Waals surface area contributed by atoms with E-state index in [-0.39, 0.29) is 11.5 Å². The van der Waals surface area contributed by atoms with Crippen molar-refractivity contribution in [2.75, 3.05) is 6.54 Å². The average Bonchev–Trinajstić information content (AvgIpc) is 2.31. The van der Waals surface area contributed by atoms with Crippen LogP contribution in [0.3, 0.4) is 0 Å². The van der Waals surface area contributed by atoms with E-state index in [0.717, 1.165) is 6.20 Å². The Morgan fingerprint density at radius 1 is 1.37 bits per heavy atom. The molecule has 104 valence electrons. The van der Waals surface area contributed by atoms with Crippen LogP contribution in [0, 0.1) is 5.92 Å². The average molecular weight is 267 g/mol. The van der Waals surface area contributed by atoms with Crippen LogP contribution in [0.15, 0.2) is 15.8 Å². The Morgan fingerprint density at radius 2 is 2.00 bits per heavy atom. The van der Waals surface area contributed by atoms with Gasteiger partial charge in [-0.1, -0.05) is 13.8 Å². The molecule has 0 atom stereocenters. The highest BCUT2D eigenvalue weighted by atomic mass is 16.2. The first-order chi connectivity index (χ1) is 8.82. The molecule has 0 saturated carbocycles. The van der Waals surface area contributed by atoms with Gasteiger partial charge in [-0.25, -0.2) is 4.79 Å². The molecule has 0 spiro atoms. The number of carbonyl (C=O) groups excluding carboxylic acids is 2. The summed E-state index contributed by atoms with van der Waals surface area (Å²) in [7, 11) is 0. The summed E-state index contributed by atoms with van der Waals surface area (Å²) in [6, 6.07) is 0. The molecule has 0 fully saturated rings. The van der Waals surface area contributed by atoms with Gasteiger partial charge in [0.25, 0.3) is 5.56 Å². The number of nitrogens with one attached hydrogen (secondary N) is 2. The van der Waals surface area contributed by atoms with Crippen molar-refractivity contribution in [2.45, 2.75) is 27.3 Å². The van der Waals surface area contributed by atoms with Gasteiger partial charge in [0.05, 0.1) is 5.56 Å². The van der Waals surface area contributed by atoms with Crippen molar-refractivity contribution < 1.29 is 9.59 Å². The topological polar surface area (TPSA) is 101 Å². The minimum atomic E-state index is -0.754. The summed E-state index contributed by atoms with van der Waals surface area (Å²) in [6.45, 7) is 5.13. The van der Waals surface area contributed by atoms with Crippen LogP contribution in [0.5, 0.6) is 0 Å². The smallest absolute Gasteiger partial charge is 0.328 e. The lowest BCUT2D eigenvalue weighted by atomic mass is 10.2. The number of ketones is 1. The predicted molar refractivity (Wildman–Crippen MR) is 69.2 cm³/mol. The largest absolute Gasteiger partial charge is 0.354 e. The number of amides is 1. The van der Waals surface area contributed by atoms with Crippen LogP contribution in [0.25, 0.3) is 0 Å². The monoisotopic (exact) mass is 267 g/mol. The molecule has 0 saturated heterocycles. The number of aromatic amines is 1. The zero-order valence-corrected chi connectivity index (χ0v) is 11.1. The lowest BCUT2D eigenvalue weighted by Crippen LogP contribution is -2.42. The van der Waals surface area contributed by atoms with Gasteiger partial charge < -0.3 is 10.3 Å². The molecular weight excluding hydrogens is 250 g/mol. The van der Waals surface area contributed by atoms with Gasteiger partial charge in [0, 0.05) is 12.7 Å². The van der Waals surface area contributed by atoms with Crippen molar-refractivity contribution >= 4 is 11.7 Å². The number of nitrogens with zero attached hydrogens (tertiary/aromatic N) is 1.